The van der Waals surface area contributed by atoms with Crippen LogP contribution in [0.4, 0.5) is 11.4 Å². The maximum Gasteiger partial charge on any atom is 0.414 e. The number of hydrogen-bond acceptors (Lipinski definition) is 7. The second-order valence-corrected chi connectivity index (χ2v) is 4.69. The Bertz CT molecular complexity index is 750. The van der Waals surface area contributed by atoms with Gasteiger partial charge in [-0.05, 0) is 24.3 Å². The summed E-state index contributed by atoms with van der Waals surface area (Å²) in [6, 6.07) is 20.3. The zero-order valence-electron chi connectivity index (χ0n) is 15.4. The molecule has 0 saturated heterocycles. The number of para-hydroxylation sites is 2. The molecule has 0 radical (unpaired) electrons. The average molecular weight is 439 g/mol. The van der Waals surface area contributed by atoms with Crippen molar-refractivity contribution < 1.29 is 59.4 Å². The van der Waals surface area contributed by atoms with Gasteiger partial charge in [0, 0.05) is 11.4 Å². The van der Waals surface area contributed by atoms with Gasteiger partial charge in [0.2, 0.25) is 0 Å². The first-order chi connectivity index (χ1) is 14.4. The molecular weight excluding hydrogens is 422 g/mol. The van der Waals surface area contributed by atoms with Crippen molar-refractivity contribution in [1.29, 1.82) is 0 Å². The van der Waals surface area contributed by atoms with Gasteiger partial charge in [-0.3, -0.25) is 0 Å². The van der Waals surface area contributed by atoms with Gasteiger partial charge in [-0.2, -0.15) is 0 Å². The smallest absolute Gasteiger partial charge is 0.414 e. The summed E-state index contributed by atoms with van der Waals surface area (Å²) in [6.45, 7) is 0. The molecule has 0 heterocycles. The molecule has 0 spiro atoms. The van der Waals surface area contributed by atoms with E-state index in [4.69, 9.17) is 59.4 Å². The highest BCUT2D eigenvalue weighted by atomic mass is 16.5. The Hall–Kier alpha value is -4.94. The average Bonchev–Trinajstić information content (AvgIpc) is 2.70. The Balaban J connectivity index is 0. The van der Waals surface area contributed by atoms with Crippen LogP contribution in [0, 0.1) is 0 Å². The van der Waals surface area contributed by atoms with Crippen LogP contribution in [0.2, 0.25) is 0 Å². The molecule has 0 aromatic heterocycles. The predicted octanol–water partition coefficient (Wildman–Crippen LogP) is 0.897. The molecule has 2 aromatic rings. The van der Waals surface area contributed by atoms with Crippen LogP contribution in [0.3, 0.4) is 0 Å². The third kappa shape index (κ3) is 18.2. The fourth-order valence-corrected chi connectivity index (χ4v) is 1.21. The van der Waals surface area contributed by atoms with E-state index < -0.39 is 35.8 Å². The molecule has 0 aliphatic rings. The minimum Gasteiger partial charge on any atom is -0.473 e. The Kier molecular flexibility index (Phi) is 14.6. The van der Waals surface area contributed by atoms with Gasteiger partial charge in [-0.15, -0.1) is 0 Å². The van der Waals surface area contributed by atoms with Gasteiger partial charge < -0.3 is 36.0 Å². The number of rotatable bonds is 2. The molecule has 31 heavy (non-hydrogen) atoms. The zero-order chi connectivity index (χ0) is 24.4. The molecule has 0 aliphatic carbocycles. The lowest BCUT2D eigenvalue weighted by molar-refractivity contribution is -0.159. The van der Waals surface area contributed by atoms with E-state index in [9.17, 15) is 0 Å². The Morgan fingerprint density at radius 3 is 0.774 bits per heavy atom. The highest BCUT2D eigenvalue weighted by Gasteiger charge is 2.05. The first-order valence-electron chi connectivity index (χ1n) is 7.64. The standard InChI is InChI=1S/C12H11N.3C2H2O4/c1-3-7-11(8-4-1)13-12-9-5-2-6-10-12;3*3-1(4)2(5)6/h1-10,13H;3*(H,3,4)(H,5,6). The van der Waals surface area contributed by atoms with Crippen LogP contribution >= 0.6 is 0 Å². The predicted molar refractivity (Wildman–Crippen MR) is 102 cm³/mol. The van der Waals surface area contributed by atoms with Crippen molar-refractivity contribution in [2.45, 2.75) is 0 Å². The molecule has 2 rings (SSSR count). The van der Waals surface area contributed by atoms with Gasteiger partial charge >= 0.3 is 35.8 Å². The van der Waals surface area contributed by atoms with Crippen LogP contribution in [0.5, 0.6) is 0 Å². The molecule has 166 valence electrons. The molecule has 0 fully saturated rings. The third-order valence-electron chi connectivity index (χ3n) is 2.39. The minimum atomic E-state index is -1.82. The second kappa shape index (κ2) is 16.1. The summed E-state index contributed by atoms with van der Waals surface area (Å²) < 4.78 is 0. The zero-order valence-corrected chi connectivity index (χ0v) is 15.4. The van der Waals surface area contributed by atoms with Crippen molar-refractivity contribution >= 4 is 47.2 Å². The van der Waals surface area contributed by atoms with Crippen molar-refractivity contribution in [1.82, 2.24) is 0 Å². The second-order valence-electron chi connectivity index (χ2n) is 4.69. The van der Waals surface area contributed by atoms with E-state index in [1.807, 2.05) is 60.7 Å². The number of carboxylic acids is 6. The SMILES string of the molecule is O=C(O)C(=O)O.O=C(O)C(=O)O.O=C(O)C(=O)O.c1ccc(Nc2ccccc2)cc1. The summed E-state index contributed by atoms with van der Waals surface area (Å²) in [7, 11) is 0. The van der Waals surface area contributed by atoms with E-state index in [-0.39, 0.29) is 0 Å². The first-order valence-corrected chi connectivity index (χ1v) is 7.64. The van der Waals surface area contributed by atoms with Gasteiger partial charge in [-0.25, -0.2) is 28.8 Å². The van der Waals surface area contributed by atoms with E-state index in [2.05, 4.69) is 5.32 Å². The summed E-state index contributed by atoms with van der Waals surface area (Å²) in [5.41, 5.74) is 2.24. The highest BCUT2D eigenvalue weighted by molar-refractivity contribution is 6.28. The number of anilines is 2. The fourth-order valence-electron chi connectivity index (χ4n) is 1.21. The molecule has 0 unspecified atom stereocenters. The molecule has 2 aromatic carbocycles. The van der Waals surface area contributed by atoms with Gasteiger partial charge in [0.05, 0.1) is 0 Å². The summed E-state index contributed by atoms with van der Waals surface area (Å²) in [6.07, 6.45) is 0. The molecule has 13 nitrogen and oxygen atoms in total. The van der Waals surface area contributed by atoms with E-state index in [1.165, 1.54) is 0 Å². The third-order valence-corrected chi connectivity index (χ3v) is 2.39. The monoisotopic (exact) mass is 439 g/mol. The van der Waals surface area contributed by atoms with Gasteiger partial charge in [0.15, 0.2) is 0 Å². The number of hydrogen-bond donors (Lipinski definition) is 7. The summed E-state index contributed by atoms with van der Waals surface area (Å²) >= 11 is 0. The lowest BCUT2D eigenvalue weighted by Gasteiger charge is -2.04. The number of aliphatic carboxylic acids is 6. The first kappa shape index (κ1) is 28.3. The lowest BCUT2D eigenvalue weighted by Crippen LogP contribution is -2.09. The minimum absolute atomic E-state index is 1.12. The van der Waals surface area contributed by atoms with Crippen LogP contribution < -0.4 is 5.32 Å². The van der Waals surface area contributed by atoms with Crippen molar-refractivity contribution in [3.8, 4) is 0 Å². The van der Waals surface area contributed by atoms with Crippen LogP contribution in [0.1, 0.15) is 0 Å². The van der Waals surface area contributed by atoms with Crippen molar-refractivity contribution in [2.24, 2.45) is 0 Å². The van der Waals surface area contributed by atoms with Gasteiger partial charge in [-0.1, -0.05) is 36.4 Å². The van der Waals surface area contributed by atoms with Crippen molar-refractivity contribution in [2.75, 3.05) is 5.32 Å². The maximum absolute atomic E-state index is 9.10. The van der Waals surface area contributed by atoms with Gasteiger partial charge in [0.25, 0.3) is 0 Å². The van der Waals surface area contributed by atoms with Crippen LogP contribution in [0.25, 0.3) is 0 Å². The summed E-state index contributed by atoms with van der Waals surface area (Å²) in [4.78, 5) is 54.6. The Morgan fingerprint density at radius 1 is 0.419 bits per heavy atom. The molecular formula is C18H17NO12. The van der Waals surface area contributed by atoms with Crippen LogP contribution in [-0.2, 0) is 28.8 Å². The number of benzene rings is 2. The number of carboxylic acid groups (broad SMARTS) is 6. The van der Waals surface area contributed by atoms with Crippen molar-refractivity contribution in [3.63, 3.8) is 0 Å². The summed E-state index contributed by atoms with van der Waals surface area (Å²) in [5, 5.41) is 47.7. The van der Waals surface area contributed by atoms with E-state index in [0.29, 0.717) is 0 Å². The highest BCUT2D eigenvalue weighted by Crippen LogP contribution is 2.14. The normalized spacial score (nSPS) is 8.26. The largest absolute Gasteiger partial charge is 0.473 e. The molecule has 0 atom stereocenters. The molecule has 0 amide bonds. The molecule has 0 aliphatic heterocycles. The van der Waals surface area contributed by atoms with Gasteiger partial charge in [0.1, 0.15) is 0 Å². The fraction of sp³-hybridized carbons (Fsp3) is 0. The lowest BCUT2D eigenvalue weighted by atomic mass is 10.3. The quantitative estimate of drug-likeness (QED) is 0.322. The number of nitrogens with one attached hydrogen (secondary N) is 1. The van der Waals surface area contributed by atoms with E-state index in [1.54, 1.807) is 0 Å². The van der Waals surface area contributed by atoms with Crippen molar-refractivity contribution in [3.05, 3.63) is 60.7 Å². The maximum atomic E-state index is 9.10. The van der Waals surface area contributed by atoms with Crippen LogP contribution in [0.15, 0.2) is 60.7 Å². The van der Waals surface area contributed by atoms with Crippen LogP contribution in [-0.4, -0.2) is 66.5 Å². The Labute approximate surface area is 173 Å². The van der Waals surface area contributed by atoms with E-state index >= 15 is 0 Å². The number of carbonyl (C=O) groups is 6. The molecule has 0 saturated carbocycles. The summed E-state index contributed by atoms with van der Waals surface area (Å²) in [5.74, 6) is -10.9. The van der Waals surface area contributed by atoms with E-state index in [0.717, 1.165) is 11.4 Å². The molecule has 0 bridgehead atoms. The molecule has 13 heteroatoms. The Morgan fingerprint density at radius 2 is 0.613 bits per heavy atom. The topological polar surface area (TPSA) is 236 Å². The molecule has 7 N–H and O–H groups in total.